The molecule has 0 amide bonds. The highest BCUT2D eigenvalue weighted by molar-refractivity contribution is 7.91. The van der Waals surface area contributed by atoms with Crippen molar-refractivity contribution in [3.05, 3.63) is 29.3 Å². The SMILES string of the molecule is CNC(CS(=O)(=O)c1ccc(C)c(C)c1)C1CCOC1. The number of hydrogen-bond donors (Lipinski definition) is 1. The summed E-state index contributed by atoms with van der Waals surface area (Å²) in [7, 11) is -1.45. The average Bonchev–Trinajstić information content (AvgIpc) is 2.93. The Balaban J connectivity index is 2.18. The number of rotatable bonds is 5. The number of sulfone groups is 1. The predicted octanol–water partition coefficient (Wildman–Crippen LogP) is 1.70. The van der Waals surface area contributed by atoms with Crippen LogP contribution in [-0.4, -0.2) is 40.5 Å². The molecule has 20 heavy (non-hydrogen) atoms. The van der Waals surface area contributed by atoms with E-state index in [4.69, 9.17) is 4.74 Å². The van der Waals surface area contributed by atoms with Crippen LogP contribution < -0.4 is 5.32 Å². The number of benzene rings is 1. The number of nitrogens with one attached hydrogen (secondary N) is 1. The summed E-state index contributed by atoms with van der Waals surface area (Å²) < 4.78 is 30.4. The van der Waals surface area contributed by atoms with Gasteiger partial charge in [0, 0.05) is 18.6 Å². The van der Waals surface area contributed by atoms with E-state index in [0.717, 1.165) is 24.2 Å². The molecule has 1 aromatic carbocycles. The number of aryl methyl sites for hydroxylation is 2. The van der Waals surface area contributed by atoms with Crippen LogP contribution >= 0.6 is 0 Å². The van der Waals surface area contributed by atoms with E-state index >= 15 is 0 Å². The standard InChI is InChI=1S/C15H23NO3S/c1-11-4-5-14(8-12(11)2)20(17,18)10-15(16-3)13-6-7-19-9-13/h4-5,8,13,15-16H,6-7,9-10H2,1-3H3. The molecule has 112 valence electrons. The van der Waals surface area contributed by atoms with E-state index < -0.39 is 9.84 Å². The maximum Gasteiger partial charge on any atom is 0.179 e. The Morgan fingerprint density at radius 1 is 1.35 bits per heavy atom. The van der Waals surface area contributed by atoms with Crippen LogP contribution in [0.4, 0.5) is 0 Å². The van der Waals surface area contributed by atoms with Gasteiger partial charge in [-0.1, -0.05) is 6.07 Å². The molecule has 0 saturated carbocycles. The Kier molecular flexibility index (Phi) is 4.83. The highest BCUT2D eigenvalue weighted by Gasteiger charge is 2.29. The molecule has 0 radical (unpaired) electrons. The molecule has 0 aromatic heterocycles. The minimum absolute atomic E-state index is 0.0518. The zero-order chi connectivity index (χ0) is 14.8. The van der Waals surface area contributed by atoms with Crippen molar-refractivity contribution in [3.8, 4) is 0 Å². The Morgan fingerprint density at radius 3 is 2.65 bits per heavy atom. The normalized spacial score (nSPS) is 21.1. The van der Waals surface area contributed by atoms with Crippen LogP contribution in [0.5, 0.6) is 0 Å². The average molecular weight is 297 g/mol. The highest BCUT2D eigenvalue weighted by atomic mass is 32.2. The molecule has 1 aliphatic heterocycles. The van der Waals surface area contributed by atoms with Crippen molar-refractivity contribution < 1.29 is 13.2 Å². The molecule has 1 aliphatic rings. The lowest BCUT2D eigenvalue weighted by atomic mass is 10.0. The fourth-order valence-electron chi connectivity index (χ4n) is 2.57. The van der Waals surface area contributed by atoms with Crippen molar-refractivity contribution in [2.45, 2.75) is 31.2 Å². The lowest BCUT2D eigenvalue weighted by Gasteiger charge is -2.21. The minimum atomic E-state index is -3.27. The van der Waals surface area contributed by atoms with Gasteiger partial charge in [-0.3, -0.25) is 0 Å². The van der Waals surface area contributed by atoms with Crippen LogP contribution in [0.3, 0.4) is 0 Å². The van der Waals surface area contributed by atoms with E-state index in [1.54, 1.807) is 12.1 Å². The van der Waals surface area contributed by atoms with Gasteiger partial charge in [-0.05, 0) is 50.6 Å². The second-order valence-corrected chi connectivity index (χ2v) is 7.58. The molecule has 1 saturated heterocycles. The molecule has 2 rings (SSSR count). The van der Waals surface area contributed by atoms with Crippen molar-refractivity contribution >= 4 is 9.84 Å². The summed E-state index contributed by atoms with van der Waals surface area (Å²) in [5.74, 6) is 0.404. The van der Waals surface area contributed by atoms with Crippen LogP contribution in [0.1, 0.15) is 17.5 Å². The molecular formula is C15H23NO3S. The van der Waals surface area contributed by atoms with Gasteiger partial charge in [0.05, 0.1) is 17.3 Å². The highest BCUT2D eigenvalue weighted by Crippen LogP contribution is 2.22. The van der Waals surface area contributed by atoms with E-state index in [-0.39, 0.29) is 17.7 Å². The van der Waals surface area contributed by atoms with Crippen molar-refractivity contribution in [2.24, 2.45) is 5.92 Å². The molecule has 0 bridgehead atoms. The third kappa shape index (κ3) is 3.40. The van der Waals surface area contributed by atoms with E-state index in [1.807, 2.05) is 27.0 Å². The third-order valence-electron chi connectivity index (χ3n) is 4.14. The summed E-state index contributed by atoms with van der Waals surface area (Å²) in [6.07, 6.45) is 0.925. The summed E-state index contributed by atoms with van der Waals surface area (Å²) in [6.45, 7) is 5.30. The van der Waals surface area contributed by atoms with Crippen molar-refractivity contribution in [1.29, 1.82) is 0 Å². The van der Waals surface area contributed by atoms with Gasteiger partial charge in [-0.25, -0.2) is 8.42 Å². The van der Waals surface area contributed by atoms with Gasteiger partial charge < -0.3 is 10.1 Å². The Morgan fingerprint density at radius 2 is 2.10 bits per heavy atom. The molecule has 0 spiro atoms. The summed E-state index contributed by atoms with van der Waals surface area (Å²) in [5.41, 5.74) is 2.12. The van der Waals surface area contributed by atoms with E-state index in [1.165, 1.54) is 0 Å². The van der Waals surface area contributed by atoms with Gasteiger partial charge in [0.2, 0.25) is 0 Å². The maximum atomic E-state index is 12.5. The Hall–Kier alpha value is -0.910. The van der Waals surface area contributed by atoms with Crippen molar-refractivity contribution in [3.63, 3.8) is 0 Å². The van der Waals surface area contributed by atoms with Crippen LogP contribution in [0.15, 0.2) is 23.1 Å². The molecule has 1 fully saturated rings. The van der Waals surface area contributed by atoms with Crippen LogP contribution in [0.2, 0.25) is 0 Å². The van der Waals surface area contributed by atoms with E-state index in [9.17, 15) is 8.42 Å². The minimum Gasteiger partial charge on any atom is -0.381 e. The van der Waals surface area contributed by atoms with Crippen molar-refractivity contribution in [2.75, 3.05) is 26.0 Å². The van der Waals surface area contributed by atoms with Crippen LogP contribution in [0, 0.1) is 19.8 Å². The molecule has 2 unspecified atom stereocenters. The summed E-state index contributed by atoms with van der Waals surface area (Å²) in [4.78, 5) is 0.416. The zero-order valence-electron chi connectivity index (χ0n) is 12.3. The Bertz CT molecular complexity index is 562. The first-order chi connectivity index (χ1) is 9.44. The van der Waals surface area contributed by atoms with Crippen LogP contribution in [-0.2, 0) is 14.6 Å². The molecule has 5 heteroatoms. The van der Waals surface area contributed by atoms with Gasteiger partial charge in [0.15, 0.2) is 9.84 Å². The molecule has 1 heterocycles. The molecule has 2 atom stereocenters. The van der Waals surface area contributed by atoms with Gasteiger partial charge in [0.25, 0.3) is 0 Å². The fourth-order valence-corrected chi connectivity index (χ4v) is 4.30. The number of hydrogen-bond acceptors (Lipinski definition) is 4. The fraction of sp³-hybridized carbons (Fsp3) is 0.600. The lowest BCUT2D eigenvalue weighted by molar-refractivity contribution is 0.179. The summed E-state index contributed by atoms with van der Waals surface area (Å²) in [6, 6.07) is 5.29. The van der Waals surface area contributed by atoms with E-state index in [0.29, 0.717) is 11.5 Å². The second-order valence-electron chi connectivity index (χ2n) is 5.55. The third-order valence-corrected chi connectivity index (χ3v) is 5.91. The maximum absolute atomic E-state index is 12.5. The van der Waals surface area contributed by atoms with Crippen LogP contribution in [0.25, 0.3) is 0 Å². The summed E-state index contributed by atoms with van der Waals surface area (Å²) in [5, 5.41) is 3.14. The first-order valence-electron chi connectivity index (χ1n) is 6.99. The van der Waals surface area contributed by atoms with Crippen molar-refractivity contribution in [1.82, 2.24) is 5.32 Å². The molecule has 1 N–H and O–H groups in total. The molecule has 0 aliphatic carbocycles. The monoisotopic (exact) mass is 297 g/mol. The van der Waals surface area contributed by atoms with E-state index in [2.05, 4.69) is 5.32 Å². The van der Waals surface area contributed by atoms with Gasteiger partial charge in [0.1, 0.15) is 0 Å². The largest absolute Gasteiger partial charge is 0.381 e. The zero-order valence-corrected chi connectivity index (χ0v) is 13.2. The van der Waals surface area contributed by atoms with Gasteiger partial charge >= 0.3 is 0 Å². The molecular weight excluding hydrogens is 274 g/mol. The quantitative estimate of drug-likeness (QED) is 0.899. The first-order valence-corrected chi connectivity index (χ1v) is 8.64. The number of ether oxygens (including phenoxy) is 1. The molecule has 1 aromatic rings. The Labute approximate surface area is 121 Å². The predicted molar refractivity (Wildman–Crippen MR) is 79.7 cm³/mol. The van der Waals surface area contributed by atoms with Gasteiger partial charge in [-0.15, -0.1) is 0 Å². The van der Waals surface area contributed by atoms with Gasteiger partial charge in [-0.2, -0.15) is 0 Å². The summed E-state index contributed by atoms with van der Waals surface area (Å²) >= 11 is 0. The first kappa shape index (κ1) is 15.5. The molecule has 4 nitrogen and oxygen atoms in total. The smallest absolute Gasteiger partial charge is 0.179 e. The second kappa shape index (κ2) is 6.24. The topological polar surface area (TPSA) is 55.4 Å². The lowest BCUT2D eigenvalue weighted by Crippen LogP contribution is -2.40.